The lowest BCUT2D eigenvalue weighted by Gasteiger charge is -2.00. The van der Waals surface area contributed by atoms with Gasteiger partial charge in [-0.15, -0.1) is 0 Å². The standard InChI is InChI=1S/C7H10N2O4/c1-13-7(12)5-2-4(5)6(11)9-8-3-10/h3-5H,2H2,1H3,(H,8,10)(H,9,11). The summed E-state index contributed by atoms with van der Waals surface area (Å²) in [4.78, 5) is 31.7. The van der Waals surface area contributed by atoms with Gasteiger partial charge in [0.25, 0.3) is 0 Å². The summed E-state index contributed by atoms with van der Waals surface area (Å²) in [5, 5.41) is 0. The van der Waals surface area contributed by atoms with Crippen LogP contribution in [0, 0.1) is 11.8 Å². The van der Waals surface area contributed by atoms with E-state index in [1.165, 1.54) is 7.11 Å². The summed E-state index contributed by atoms with van der Waals surface area (Å²) in [5.41, 5.74) is 4.15. The first-order chi connectivity index (χ1) is 6.20. The van der Waals surface area contributed by atoms with Crippen LogP contribution in [0.25, 0.3) is 0 Å². The fourth-order valence-electron chi connectivity index (χ4n) is 1.09. The molecule has 2 amide bonds. The highest BCUT2D eigenvalue weighted by Gasteiger charge is 2.48. The quantitative estimate of drug-likeness (QED) is 0.320. The van der Waals surface area contributed by atoms with Crippen LogP contribution in [0.4, 0.5) is 0 Å². The molecule has 13 heavy (non-hydrogen) atoms. The van der Waals surface area contributed by atoms with Crippen molar-refractivity contribution < 1.29 is 19.1 Å². The zero-order valence-corrected chi connectivity index (χ0v) is 7.07. The molecule has 1 fully saturated rings. The minimum atomic E-state index is -0.383. The third kappa shape index (κ3) is 2.17. The molecule has 0 bridgehead atoms. The van der Waals surface area contributed by atoms with E-state index in [9.17, 15) is 14.4 Å². The summed E-state index contributed by atoms with van der Waals surface area (Å²) in [7, 11) is 1.28. The molecule has 1 aliphatic rings. The topological polar surface area (TPSA) is 84.5 Å². The predicted molar refractivity (Wildman–Crippen MR) is 41.0 cm³/mol. The van der Waals surface area contributed by atoms with Gasteiger partial charge in [0.15, 0.2) is 0 Å². The van der Waals surface area contributed by atoms with E-state index in [-0.39, 0.29) is 23.7 Å². The fourth-order valence-corrected chi connectivity index (χ4v) is 1.09. The van der Waals surface area contributed by atoms with Crippen LogP contribution < -0.4 is 10.9 Å². The van der Waals surface area contributed by atoms with Crippen molar-refractivity contribution in [3.63, 3.8) is 0 Å². The monoisotopic (exact) mass is 186 g/mol. The van der Waals surface area contributed by atoms with Crippen LogP contribution in [0.5, 0.6) is 0 Å². The van der Waals surface area contributed by atoms with Crippen LogP contribution in [0.15, 0.2) is 0 Å². The molecule has 1 rings (SSSR count). The maximum Gasteiger partial charge on any atom is 0.309 e. The Labute approximate surface area is 74.6 Å². The van der Waals surface area contributed by atoms with E-state index in [0.717, 1.165) is 0 Å². The van der Waals surface area contributed by atoms with Crippen molar-refractivity contribution in [1.29, 1.82) is 0 Å². The van der Waals surface area contributed by atoms with E-state index < -0.39 is 0 Å². The van der Waals surface area contributed by atoms with Crippen LogP contribution >= 0.6 is 0 Å². The highest BCUT2D eigenvalue weighted by atomic mass is 16.5. The highest BCUT2D eigenvalue weighted by molar-refractivity contribution is 5.90. The number of esters is 1. The first-order valence-corrected chi connectivity index (χ1v) is 3.77. The first kappa shape index (κ1) is 9.50. The van der Waals surface area contributed by atoms with Crippen molar-refractivity contribution in [2.24, 2.45) is 11.8 Å². The Morgan fingerprint density at radius 1 is 1.46 bits per heavy atom. The Morgan fingerprint density at radius 3 is 2.69 bits per heavy atom. The zero-order chi connectivity index (χ0) is 9.84. The van der Waals surface area contributed by atoms with Crippen LogP contribution in [-0.2, 0) is 19.1 Å². The summed E-state index contributed by atoms with van der Waals surface area (Å²) in [5.74, 6) is -1.45. The lowest BCUT2D eigenvalue weighted by atomic mass is 10.3. The van der Waals surface area contributed by atoms with Crippen LogP contribution in [0.1, 0.15) is 6.42 Å². The smallest absolute Gasteiger partial charge is 0.309 e. The van der Waals surface area contributed by atoms with Gasteiger partial charge in [-0.25, -0.2) is 0 Å². The minimum Gasteiger partial charge on any atom is -0.469 e. The highest BCUT2D eigenvalue weighted by Crippen LogP contribution is 2.39. The molecule has 1 saturated carbocycles. The molecule has 0 aliphatic heterocycles. The lowest BCUT2D eigenvalue weighted by molar-refractivity contribution is -0.143. The molecule has 2 N–H and O–H groups in total. The number of methoxy groups -OCH3 is 1. The third-order valence-corrected chi connectivity index (χ3v) is 1.89. The average Bonchev–Trinajstić information content (AvgIpc) is 2.92. The molecule has 1 aliphatic carbocycles. The summed E-state index contributed by atoms with van der Waals surface area (Å²) in [6, 6.07) is 0. The van der Waals surface area contributed by atoms with E-state index >= 15 is 0 Å². The molecule has 0 aromatic rings. The molecule has 0 aromatic carbocycles. The predicted octanol–water partition coefficient (Wildman–Crippen LogP) is -1.43. The normalized spacial score (nSPS) is 24.4. The Balaban J connectivity index is 2.29. The number of hydrazine groups is 1. The number of carbonyl (C=O) groups is 3. The Hall–Kier alpha value is -1.59. The summed E-state index contributed by atoms with van der Waals surface area (Å²) < 4.78 is 4.45. The van der Waals surface area contributed by atoms with E-state index in [4.69, 9.17) is 0 Å². The Morgan fingerprint density at radius 2 is 2.15 bits per heavy atom. The van der Waals surface area contributed by atoms with Crippen LogP contribution in [-0.4, -0.2) is 25.4 Å². The number of hydrogen-bond acceptors (Lipinski definition) is 4. The van der Waals surface area contributed by atoms with Gasteiger partial charge in [-0.2, -0.15) is 0 Å². The molecule has 2 atom stereocenters. The van der Waals surface area contributed by atoms with Gasteiger partial charge >= 0.3 is 5.97 Å². The zero-order valence-electron chi connectivity index (χ0n) is 7.07. The first-order valence-electron chi connectivity index (χ1n) is 3.77. The summed E-state index contributed by atoms with van der Waals surface area (Å²) >= 11 is 0. The van der Waals surface area contributed by atoms with Crippen molar-refractivity contribution in [2.75, 3.05) is 7.11 Å². The van der Waals surface area contributed by atoms with Crippen molar-refractivity contribution in [2.45, 2.75) is 6.42 Å². The van der Waals surface area contributed by atoms with Gasteiger partial charge in [-0.3, -0.25) is 25.2 Å². The van der Waals surface area contributed by atoms with E-state index in [1.807, 2.05) is 5.43 Å². The van der Waals surface area contributed by atoms with Crippen molar-refractivity contribution in [3.05, 3.63) is 0 Å². The van der Waals surface area contributed by atoms with Gasteiger partial charge in [0.2, 0.25) is 12.3 Å². The van der Waals surface area contributed by atoms with E-state index in [1.54, 1.807) is 0 Å². The fraction of sp³-hybridized carbons (Fsp3) is 0.571. The molecule has 72 valence electrons. The van der Waals surface area contributed by atoms with Gasteiger partial charge < -0.3 is 4.74 Å². The minimum absolute atomic E-state index is 0.349. The van der Waals surface area contributed by atoms with Crippen molar-refractivity contribution >= 4 is 18.3 Å². The molecule has 6 nitrogen and oxygen atoms in total. The molecular formula is C7H10N2O4. The molecule has 0 aromatic heterocycles. The van der Waals surface area contributed by atoms with Gasteiger partial charge in [0, 0.05) is 0 Å². The van der Waals surface area contributed by atoms with Gasteiger partial charge in [-0.05, 0) is 6.42 Å². The maximum atomic E-state index is 11.1. The summed E-state index contributed by atoms with van der Waals surface area (Å²) in [6.07, 6.45) is 0.840. The molecule has 6 heteroatoms. The molecule has 0 heterocycles. The Bertz CT molecular complexity index is 241. The maximum absolute atomic E-state index is 11.1. The second-order valence-corrected chi connectivity index (χ2v) is 2.72. The van der Waals surface area contributed by atoms with Crippen molar-refractivity contribution in [3.8, 4) is 0 Å². The number of rotatable bonds is 4. The molecule has 2 unspecified atom stereocenters. The number of amides is 2. The molecule has 0 spiro atoms. The van der Waals surface area contributed by atoms with E-state index in [0.29, 0.717) is 12.8 Å². The van der Waals surface area contributed by atoms with Crippen molar-refractivity contribution in [1.82, 2.24) is 10.9 Å². The number of carbonyl (C=O) groups excluding carboxylic acids is 3. The van der Waals surface area contributed by atoms with Gasteiger partial charge in [0.05, 0.1) is 18.9 Å². The second kappa shape index (κ2) is 3.88. The van der Waals surface area contributed by atoms with Gasteiger partial charge in [0.1, 0.15) is 0 Å². The van der Waals surface area contributed by atoms with Crippen LogP contribution in [0.3, 0.4) is 0 Å². The number of hydrogen-bond donors (Lipinski definition) is 2. The number of nitrogens with one attached hydrogen (secondary N) is 2. The molecule has 0 radical (unpaired) electrons. The number of ether oxygens (including phenoxy) is 1. The van der Waals surface area contributed by atoms with Crippen LogP contribution in [0.2, 0.25) is 0 Å². The third-order valence-electron chi connectivity index (χ3n) is 1.89. The molecular weight excluding hydrogens is 176 g/mol. The van der Waals surface area contributed by atoms with Gasteiger partial charge in [-0.1, -0.05) is 0 Å². The van der Waals surface area contributed by atoms with E-state index in [2.05, 4.69) is 10.2 Å². The lowest BCUT2D eigenvalue weighted by Crippen LogP contribution is -2.37. The molecule has 0 saturated heterocycles. The summed E-state index contributed by atoms with van der Waals surface area (Å²) in [6.45, 7) is 0. The second-order valence-electron chi connectivity index (χ2n) is 2.72. The SMILES string of the molecule is COC(=O)C1CC1C(=O)NNC=O. The Kier molecular flexibility index (Phi) is 2.84. The largest absolute Gasteiger partial charge is 0.469 e. The average molecular weight is 186 g/mol.